The molecule has 0 aromatic carbocycles. The van der Waals surface area contributed by atoms with Gasteiger partial charge >= 0.3 is 12.2 Å². The summed E-state index contributed by atoms with van der Waals surface area (Å²) >= 11 is 0. The van der Waals surface area contributed by atoms with E-state index in [1.54, 1.807) is 4.90 Å². The summed E-state index contributed by atoms with van der Waals surface area (Å²) in [6.07, 6.45) is 2.68. The molecule has 0 aliphatic rings. The third-order valence-electron chi connectivity index (χ3n) is 3.00. The number of carbonyl (C=O) groups excluding carboxylic acids is 2. The van der Waals surface area contributed by atoms with Gasteiger partial charge in [-0.3, -0.25) is 0 Å². The number of unbranched alkanes of at least 4 members (excludes halogenated alkanes) is 2. The molecule has 0 aliphatic heterocycles. The molecule has 0 saturated heterocycles. The van der Waals surface area contributed by atoms with Gasteiger partial charge in [-0.25, -0.2) is 9.59 Å². The van der Waals surface area contributed by atoms with Crippen molar-refractivity contribution in [3.05, 3.63) is 0 Å². The van der Waals surface area contributed by atoms with Gasteiger partial charge in [0.1, 0.15) is 5.60 Å². The lowest BCUT2D eigenvalue weighted by molar-refractivity contribution is 0.0525. The lowest BCUT2D eigenvalue weighted by Crippen LogP contribution is -2.35. The first-order valence-corrected chi connectivity index (χ1v) is 8.55. The lowest BCUT2D eigenvalue weighted by Gasteiger charge is -2.21. The Bertz CT molecular complexity index is 413. The maximum absolute atomic E-state index is 12.0. The summed E-state index contributed by atoms with van der Waals surface area (Å²) in [5.41, 5.74) is -0.513. The molecule has 2 amide bonds. The Balaban J connectivity index is 4.03. The van der Waals surface area contributed by atoms with Crippen LogP contribution in [0.25, 0.3) is 0 Å². The van der Waals surface area contributed by atoms with Gasteiger partial charge in [-0.05, 0) is 40.0 Å². The summed E-state index contributed by atoms with van der Waals surface area (Å²) in [5, 5.41) is 11.4. The highest BCUT2D eigenvalue weighted by Crippen LogP contribution is 2.06. The van der Waals surface area contributed by atoms with Gasteiger partial charge in [0, 0.05) is 19.6 Å². The van der Waals surface area contributed by atoms with Crippen molar-refractivity contribution in [1.82, 2.24) is 10.2 Å². The average molecular weight is 341 g/mol. The van der Waals surface area contributed by atoms with Crippen molar-refractivity contribution >= 4 is 12.2 Å². The number of ether oxygens (including phenoxy) is 2. The quantitative estimate of drug-likeness (QED) is 0.615. The number of nitriles is 1. The molecule has 0 aromatic rings. The van der Waals surface area contributed by atoms with Gasteiger partial charge in [-0.1, -0.05) is 13.3 Å². The second kappa shape index (κ2) is 12.5. The number of carbonyl (C=O) groups is 2. The summed E-state index contributed by atoms with van der Waals surface area (Å²) in [6, 6.07) is 2.04. The van der Waals surface area contributed by atoms with E-state index in [1.807, 2.05) is 33.8 Å². The molecular weight excluding hydrogens is 310 g/mol. The highest BCUT2D eigenvalue weighted by molar-refractivity contribution is 5.68. The van der Waals surface area contributed by atoms with Crippen LogP contribution in [0.3, 0.4) is 0 Å². The van der Waals surface area contributed by atoms with Crippen molar-refractivity contribution in [3.8, 4) is 6.07 Å². The number of alkyl carbamates (subject to hydrolysis) is 1. The molecule has 7 heteroatoms. The fourth-order valence-electron chi connectivity index (χ4n) is 1.81. The molecule has 0 atom stereocenters. The maximum atomic E-state index is 12.0. The fraction of sp³-hybridized carbons (Fsp3) is 0.824. The van der Waals surface area contributed by atoms with Gasteiger partial charge in [-0.2, -0.15) is 5.26 Å². The summed E-state index contributed by atoms with van der Waals surface area (Å²) in [6.45, 7) is 9.20. The molecule has 138 valence electrons. The van der Waals surface area contributed by atoms with Gasteiger partial charge in [0.05, 0.1) is 19.1 Å². The molecule has 0 bridgehead atoms. The van der Waals surface area contributed by atoms with Crippen LogP contribution in [-0.4, -0.2) is 48.9 Å². The standard InChI is InChI=1S/C17H31N3O4/c1-5-6-14-23-16(22)20(13-9-10-18)12-8-7-11-19-15(21)24-17(2,3)4/h5-9,11-14H2,1-4H3,(H,19,21). The minimum atomic E-state index is -0.513. The van der Waals surface area contributed by atoms with Crippen molar-refractivity contribution in [2.24, 2.45) is 0 Å². The molecule has 0 aliphatic carbocycles. The van der Waals surface area contributed by atoms with E-state index in [9.17, 15) is 9.59 Å². The van der Waals surface area contributed by atoms with E-state index >= 15 is 0 Å². The molecule has 7 nitrogen and oxygen atoms in total. The Morgan fingerprint density at radius 1 is 1.17 bits per heavy atom. The van der Waals surface area contributed by atoms with Gasteiger partial charge in [0.25, 0.3) is 0 Å². The Morgan fingerprint density at radius 2 is 1.88 bits per heavy atom. The highest BCUT2D eigenvalue weighted by atomic mass is 16.6. The van der Waals surface area contributed by atoms with Gasteiger partial charge in [-0.15, -0.1) is 0 Å². The number of nitrogens with one attached hydrogen (secondary N) is 1. The molecule has 0 unspecified atom stereocenters. The zero-order valence-electron chi connectivity index (χ0n) is 15.4. The van der Waals surface area contributed by atoms with E-state index in [4.69, 9.17) is 14.7 Å². The number of hydrogen-bond donors (Lipinski definition) is 1. The van der Waals surface area contributed by atoms with E-state index < -0.39 is 11.7 Å². The van der Waals surface area contributed by atoms with Crippen LogP contribution in [0.4, 0.5) is 9.59 Å². The number of hydrogen-bond acceptors (Lipinski definition) is 5. The predicted octanol–water partition coefficient (Wildman–Crippen LogP) is 3.44. The summed E-state index contributed by atoms with van der Waals surface area (Å²) < 4.78 is 10.3. The molecule has 24 heavy (non-hydrogen) atoms. The van der Waals surface area contributed by atoms with E-state index in [0.29, 0.717) is 39.1 Å². The van der Waals surface area contributed by atoms with Crippen LogP contribution in [-0.2, 0) is 9.47 Å². The monoisotopic (exact) mass is 341 g/mol. The molecule has 0 aromatic heterocycles. The van der Waals surface area contributed by atoms with Gasteiger partial charge in [0.15, 0.2) is 0 Å². The third-order valence-corrected chi connectivity index (χ3v) is 3.00. The Labute approximate surface area is 145 Å². The lowest BCUT2D eigenvalue weighted by atomic mass is 10.2. The summed E-state index contributed by atoms with van der Waals surface area (Å²) in [5.74, 6) is 0. The Morgan fingerprint density at radius 3 is 2.46 bits per heavy atom. The zero-order valence-corrected chi connectivity index (χ0v) is 15.4. The zero-order chi connectivity index (χ0) is 18.4. The van der Waals surface area contributed by atoms with E-state index in [-0.39, 0.29) is 12.5 Å². The Kier molecular flexibility index (Phi) is 11.4. The van der Waals surface area contributed by atoms with Crippen molar-refractivity contribution in [2.45, 2.75) is 65.4 Å². The van der Waals surface area contributed by atoms with Crippen molar-refractivity contribution in [3.63, 3.8) is 0 Å². The number of amides is 2. The predicted molar refractivity (Wildman–Crippen MR) is 91.5 cm³/mol. The SMILES string of the molecule is CCCCOC(=O)N(CCC#N)CCCCNC(=O)OC(C)(C)C. The van der Waals surface area contributed by atoms with Crippen LogP contribution in [0.2, 0.25) is 0 Å². The van der Waals surface area contributed by atoms with E-state index in [2.05, 4.69) is 5.32 Å². The molecule has 0 radical (unpaired) electrons. The second-order valence-electron chi connectivity index (χ2n) is 6.50. The van der Waals surface area contributed by atoms with Crippen LogP contribution in [0.15, 0.2) is 0 Å². The first-order valence-electron chi connectivity index (χ1n) is 8.55. The average Bonchev–Trinajstić information content (AvgIpc) is 2.48. The molecule has 0 saturated carbocycles. The maximum Gasteiger partial charge on any atom is 0.409 e. The molecular formula is C17H31N3O4. The molecule has 0 fully saturated rings. The normalized spacial score (nSPS) is 10.6. The molecule has 0 spiro atoms. The minimum Gasteiger partial charge on any atom is -0.449 e. The number of nitrogens with zero attached hydrogens (tertiary/aromatic N) is 2. The fourth-order valence-corrected chi connectivity index (χ4v) is 1.81. The number of rotatable bonds is 10. The topological polar surface area (TPSA) is 91.7 Å². The van der Waals surface area contributed by atoms with E-state index in [1.165, 1.54) is 0 Å². The largest absolute Gasteiger partial charge is 0.449 e. The van der Waals surface area contributed by atoms with Crippen LogP contribution < -0.4 is 5.32 Å². The second-order valence-corrected chi connectivity index (χ2v) is 6.50. The molecule has 0 heterocycles. The van der Waals surface area contributed by atoms with Crippen molar-refractivity contribution in [1.29, 1.82) is 5.26 Å². The summed E-state index contributed by atoms with van der Waals surface area (Å²) in [4.78, 5) is 25.0. The van der Waals surface area contributed by atoms with Crippen molar-refractivity contribution < 1.29 is 19.1 Å². The molecule has 1 N–H and O–H groups in total. The Hall–Kier alpha value is -1.97. The van der Waals surface area contributed by atoms with Crippen LogP contribution in [0, 0.1) is 11.3 Å². The van der Waals surface area contributed by atoms with Crippen LogP contribution in [0.5, 0.6) is 0 Å². The summed E-state index contributed by atoms with van der Waals surface area (Å²) in [7, 11) is 0. The highest BCUT2D eigenvalue weighted by Gasteiger charge is 2.16. The van der Waals surface area contributed by atoms with Crippen LogP contribution in [0.1, 0.15) is 59.8 Å². The van der Waals surface area contributed by atoms with E-state index in [0.717, 1.165) is 12.8 Å². The van der Waals surface area contributed by atoms with Crippen molar-refractivity contribution in [2.75, 3.05) is 26.2 Å². The minimum absolute atomic E-state index is 0.277. The first kappa shape index (κ1) is 22.0. The third kappa shape index (κ3) is 12.6. The molecule has 0 rings (SSSR count). The smallest absolute Gasteiger partial charge is 0.409 e. The van der Waals surface area contributed by atoms with Gasteiger partial charge < -0.3 is 19.7 Å². The first-order chi connectivity index (χ1) is 11.3. The van der Waals surface area contributed by atoms with Crippen LogP contribution >= 0.6 is 0 Å². The van der Waals surface area contributed by atoms with Gasteiger partial charge in [0.2, 0.25) is 0 Å².